The van der Waals surface area contributed by atoms with Gasteiger partial charge in [0.2, 0.25) is 10.0 Å². The summed E-state index contributed by atoms with van der Waals surface area (Å²) in [7, 11) is -3.91. The largest absolute Gasteiger partial charge is 0.486 e. The Morgan fingerprint density at radius 1 is 1.28 bits per heavy atom. The fraction of sp³-hybridized carbons (Fsp3) is 0.300. The van der Waals surface area contributed by atoms with Crippen molar-refractivity contribution in [3.63, 3.8) is 0 Å². The molecule has 0 aliphatic carbocycles. The summed E-state index contributed by atoms with van der Waals surface area (Å²) in [5, 5.41) is 8.46. The number of carboxylic acid groups (broad SMARTS) is 1. The summed E-state index contributed by atoms with van der Waals surface area (Å²) < 4.78 is 35.5. The van der Waals surface area contributed by atoms with E-state index in [1.807, 2.05) is 0 Å². The summed E-state index contributed by atoms with van der Waals surface area (Å²) >= 11 is 0. The number of carboxylic acids is 1. The quantitative estimate of drug-likeness (QED) is 0.817. The van der Waals surface area contributed by atoms with E-state index in [2.05, 4.69) is 4.72 Å². The number of carbonyl (C=O) groups is 1. The van der Waals surface area contributed by atoms with Crippen LogP contribution in [0.2, 0.25) is 0 Å². The van der Waals surface area contributed by atoms with Crippen LogP contribution in [0.3, 0.4) is 0 Å². The Hall–Kier alpha value is -1.96. The van der Waals surface area contributed by atoms with Crippen molar-refractivity contribution in [2.24, 2.45) is 0 Å². The lowest BCUT2D eigenvalue weighted by Crippen LogP contribution is -2.22. The first-order valence-electron chi connectivity index (χ1n) is 5.08. The number of anilines is 1. The number of nitrogens with one attached hydrogen (secondary N) is 1. The highest BCUT2D eigenvalue weighted by Crippen LogP contribution is 2.32. The van der Waals surface area contributed by atoms with Gasteiger partial charge >= 0.3 is 5.97 Å². The topological polar surface area (TPSA) is 102 Å². The first kappa shape index (κ1) is 12.5. The van der Waals surface area contributed by atoms with E-state index in [1.54, 1.807) is 6.07 Å². The van der Waals surface area contributed by atoms with Crippen LogP contribution < -0.4 is 14.2 Å². The van der Waals surface area contributed by atoms with Gasteiger partial charge in [0.05, 0.1) is 5.69 Å². The average Bonchev–Trinajstić information content (AvgIpc) is 2.26. The average molecular weight is 273 g/mol. The van der Waals surface area contributed by atoms with Gasteiger partial charge in [-0.25, -0.2) is 8.42 Å². The predicted octanol–water partition coefficient (Wildman–Crippen LogP) is 0.284. The zero-order valence-electron chi connectivity index (χ0n) is 9.25. The molecule has 0 saturated carbocycles. The minimum absolute atomic E-state index is 0.237. The predicted molar refractivity (Wildman–Crippen MR) is 62.5 cm³/mol. The second-order valence-corrected chi connectivity index (χ2v) is 5.34. The summed E-state index contributed by atoms with van der Waals surface area (Å²) in [6.07, 6.45) is 0. The molecule has 1 aliphatic rings. The van der Waals surface area contributed by atoms with E-state index in [1.165, 1.54) is 12.1 Å². The van der Waals surface area contributed by atoms with Gasteiger partial charge in [-0.1, -0.05) is 0 Å². The Bertz CT molecular complexity index is 568. The fourth-order valence-corrected chi connectivity index (χ4v) is 2.37. The monoisotopic (exact) mass is 273 g/mol. The van der Waals surface area contributed by atoms with E-state index >= 15 is 0 Å². The molecule has 1 heterocycles. The molecular weight excluding hydrogens is 262 g/mol. The van der Waals surface area contributed by atoms with E-state index in [0.29, 0.717) is 24.7 Å². The molecule has 0 unspecified atom stereocenters. The molecule has 0 saturated heterocycles. The summed E-state index contributed by atoms with van der Waals surface area (Å²) in [6, 6.07) is 4.49. The third-order valence-electron chi connectivity index (χ3n) is 2.13. The SMILES string of the molecule is O=C(O)CS(=O)(=O)Nc1ccc2c(c1)OCCO2. The van der Waals surface area contributed by atoms with Crippen LogP contribution in [0.25, 0.3) is 0 Å². The number of hydrogen-bond acceptors (Lipinski definition) is 5. The standard InChI is InChI=1S/C10H11NO6S/c12-10(13)6-18(14,15)11-7-1-2-8-9(5-7)17-4-3-16-8/h1-2,5,11H,3-4,6H2,(H,12,13). The maximum Gasteiger partial charge on any atom is 0.320 e. The number of benzene rings is 1. The molecule has 0 bridgehead atoms. The van der Waals surface area contributed by atoms with Crippen molar-refractivity contribution >= 4 is 21.7 Å². The number of hydrogen-bond donors (Lipinski definition) is 2. The highest BCUT2D eigenvalue weighted by molar-refractivity contribution is 7.93. The van der Waals surface area contributed by atoms with Crippen molar-refractivity contribution in [2.45, 2.75) is 0 Å². The number of sulfonamides is 1. The number of ether oxygens (including phenoxy) is 2. The lowest BCUT2D eigenvalue weighted by Gasteiger charge is -2.19. The lowest BCUT2D eigenvalue weighted by atomic mass is 10.3. The van der Waals surface area contributed by atoms with Crippen LogP contribution in [0.5, 0.6) is 11.5 Å². The van der Waals surface area contributed by atoms with Gasteiger partial charge < -0.3 is 14.6 Å². The molecule has 0 spiro atoms. The highest BCUT2D eigenvalue weighted by atomic mass is 32.2. The van der Waals surface area contributed by atoms with E-state index in [9.17, 15) is 13.2 Å². The maximum atomic E-state index is 11.4. The van der Waals surface area contributed by atoms with Gasteiger partial charge in [0.25, 0.3) is 0 Å². The molecule has 8 heteroatoms. The first-order valence-corrected chi connectivity index (χ1v) is 6.73. The van der Waals surface area contributed by atoms with Gasteiger partial charge in [0.15, 0.2) is 17.3 Å². The van der Waals surface area contributed by atoms with Gasteiger partial charge in [0, 0.05) is 6.07 Å². The van der Waals surface area contributed by atoms with E-state index in [4.69, 9.17) is 14.6 Å². The van der Waals surface area contributed by atoms with Gasteiger partial charge in [-0.05, 0) is 12.1 Å². The molecule has 0 amide bonds. The zero-order valence-corrected chi connectivity index (χ0v) is 10.1. The summed E-state index contributed by atoms with van der Waals surface area (Å²) in [5.74, 6) is -1.44. The Morgan fingerprint density at radius 2 is 1.94 bits per heavy atom. The minimum atomic E-state index is -3.91. The molecular formula is C10H11NO6S. The molecule has 98 valence electrons. The number of aliphatic carboxylic acids is 1. The van der Waals surface area contributed by atoms with Crippen molar-refractivity contribution < 1.29 is 27.8 Å². The van der Waals surface area contributed by atoms with E-state index in [0.717, 1.165) is 0 Å². The molecule has 2 rings (SSSR count). The third kappa shape index (κ3) is 3.04. The van der Waals surface area contributed by atoms with Crippen LogP contribution in [0, 0.1) is 0 Å². The third-order valence-corrected chi connectivity index (χ3v) is 3.30. The van der Waals surface area contributed by atoms with Gasteiger partial charge in [0.1, 0.15) is 13.2 Å². The van der Waals surface area contributed by atoms with Crippen molar-refractivity contribution in [1.82, 2.24) is 0 Å². The first-order chi connectivity index (χ1) is 8.46. The molecule has 0 aromatic heterocycles. The molecule has 2 N–H and O–H groups in total. The Morgan fingerprint density at radius 3 is 2.61 bits per heavy atom. The molecule has 0 atom stereocenters. The molecule has 18 heavy (non-hydrogen) atoms. The Balaban J connectivity index is 2.17. The van der Waals surface area contributed by atoms with Crippen LogP contribution in [0.1, 0.15) is 0 Å². The lowest BCUT2D eigenvalue weighted by molar-refractivity contribution is -0.134. The molecule has 0 fully saturated rings. The number of rotatable bonds is 4. The second kappa shape index (κ2) is 4.73. The zero-order chi connectivity index (χ0) is 13.2. The van der Waals surface area contributed by atoms with Crippen LogP contribution in [-0.2, 0) is 14.8 Å². The minimum Gasteiger partial charge on any atom is -0.486 e. The molecule has 1 aromatic rings. The fourth-order valence-electron chi connectivity index (χ4n) is 1.49. The van der Waals surface area contributed by atoms with Crippen molar-refractivity contribution in [2.75, 3.05) is 23.7 Å². The van der Waals surface area contributed by atoms with Gasteiger partial charge in [-0.2, -0.15) is 0 Å². The Kier molecular flexibility index (Phi) is 3.28. The van der Waals surface area contributed by atoms with Crippen molar-refractivity contribution in [1.29, 1.82) is 0 Å². The van der Waals surface area contributed by atoms with Crippen LogP contribution in [-0.4, -0.2) is 38.5 Å². The number of fused-ring (bicyclic) bond motifs is 1. The summed E-state index contributed by atoms with van der Waals surface area (Å²) in [5.41, 5.74) is 0.237. The van der Waals surface area contributed by atoms with Crippen LogP contribution in [0.4, 0.5) is 5.69 Å². The molecule has 0 radical (unpaired) electrons. The molecule has 7 nitrogen and oxygen atoms in total. The van der Waals surface area contributed by atoms with Crippen molar-refractivity contribution in [3.05, 3.63) is 18.2 Å². The normalized spacial score (nSPS) is 14.0. The van der Waals surface area contributed by atoms with Crippen LogP contribution >= 0.6 is 0 Å². The Labute approximate surface area is 103 Å². The molecule has 1 aromatic carbocycles. The summed E-state index contributed by atoms with van der Waals surface area (Å²) in [4.78, 5) is 10.4. The smallest absolute Gasteiger partial charge is 0.320 e. The van der Waals surface area contributed by atoms with Gasteiger partial charge in [-0.3, -0.25) is 9.52 Å². The van der Waals surface area contributed by atoms with Gasteiger partial charge in [-0.15, -0.1) is 0 Å². The maximum absolute atomic E-state index is 11.4. The van der Waals surface area contributed by atoms with E-state index < -0.39 is 21.7 Å². The second-order valence-electron chi connectivity index (χ2n) is 3.61. The van der Waals surface area contributed by atoms with Crippen LogP contribution in [0.15, 0.2) is 18.2 Å². The van der Waals surface area contributed by atoms with E-state index in [-0.39, 0.29) is 5.69 Å². The highest BCUT2D eigenvalue weighted by Gasteiger charge is 2.17. The molecule has 1 aliphatic heterocycles. The summed E-state index contributed by atoms with van der Waals surface area (Å²) in [6.45, 7) is 0.829. The van der Waals surface area contributed by atoms with Crippen molar-refractivity contribution in [3.8, 4) is 11.5 Å².